The Kier molecular flexibility index (Phi) is 5.39. The Morgan fingerprint density at radius 2 is 1.88 bits per heavy atom. The number of rotatable bonds is 7. The molecule has 0 radical (unpaired) electrons. The first-order chi connectivity index (χ1) is 15.8. The van der Waals surface area contributed by atoms with E-state index in [1.165, 1.54) is 47.2 Å². The standard InChI is InChI=1S/C32H41N/c1-8-20(4)30-22(6)26(23-11-12-23)15-16-27(30)31(7)19-25-14-13-24-17-21(5)29(33-10-3)18-28(24)32(25,31)9-2/h9,15-20,23,33H,2,8,10-14H2,1,3-7H3/t20?,31?,32-/m1/s1. The van der Waals surface area contributed by atoms with E-state index in [2.05, 4.69) is 89.9 Å². The van der Waals surface area contributed by atoms with Crippen LogP contribution in [-0.4, -0.2) is 6.54 Å². The van der Waals surface area contributed by atoms with Crippen LogP contribution in [0.15, 0.2) is 48.6 Å². The van der Waals surface area contributed by atoms with E-state index in [0.29, 0.717) is 5.92 Å². The first-order valence-electron chi connectivity index (χ1n) is 13.2. The molecule has 2 unspecified atom stereocenters. The van der Waals surface area contributed by atoms with Crippen LogP contribution < -0.4 is 5.32 Å². The van der Waals surface area contributed by atoms with Crippen LogP contribution in [0.1, 0.15) is 104 Å². The lowest BCUT2D eigenvalue weighted by molar-refractivity contribution is 0.323. The fraction of sp³-hybridized carbons (Fsp3) is 0.500. The van der Waals surface area contributed by atoms with E-state index in [1.807, 2.05) is 0 Å². The molecule has 1 saturated carbocycles. The quantitative estimate of drug-likeness (QED) is 0.427. The molecule has 33 heavy (non-hydrogen) atoms. The van der Waals surface area contributed by atoms with Gasteiger partial charge in [-0.2, -0.15) is 0 Å². The van der Waals surface area contributed by atoms with Crippen LogP contribution in [0.25, 0.3) is 0 Å². The van der Waals surface area contributed by atoms with Crippen molar-refractivity contribution in [3.8, 4) is 0 Å². The molecule has 0 bridgehead atoms. The van der Waals surface area contributed by atoms with Crippen LogP contribution in [0.5, 0.6) is 0 Å². The molecule has 0 aliphatic heterocycles. The molecule has 0 heterocycles. The normalized spacial score (nSPS) is 26.5. The third-order valence-corrected chi connectivity index (χ3v) is 9.24. The average Bonchev–Trinajstić information content (AvgIpc) is 3.63. The van der Waals surface area contributed by atoms with Gasteiger partial charge in [0.1, 0.15) is 0 Å². The second kappa shape index (κ2) is 7.90. The molecule has 0 amide bonds. The Hall–Kier alpha value is -2.28. The Morgan fingerprint density at radius 3 is 2.52 bits per heavy atom. The number of fused-ring (bicyclic) bond motifs is 3. The molecular weight excluding hydrogens is 398 g/mol. The molecule has 0 saturated heterocycles. The van der Waals surface area contributed by atoms with E-state index < -0.39 is 0 Å². The van der Waals surface area contributed by atoms with Crippen molar-refractivity contribution < 1.29 is 0 Å². The monoisotopic (exact) mass is 439 g/mol. The molecule has 174 valence electrons. The van der Waals surface area contributed by atoms with Crippen molar-refractivity contribution in [3.05, 3.63) is 87.5 Å². The fourth-order valence-electron chi connectivity index (χ4n) is 7.16. The van der Waals surface area contributed by atoms with Gasteiger partial charge in [0.05, 0.1) is 0 Å². The smallest absolute Gasteiger partial charge is 0.0471 e. The van der Waals surface area contributed by atoms with Gasteiger partial charge in [0.15, 0.2) is 0 Å². The molecule has 2 aromatic carbocycles. The van der Waals surface area contributed by atoms with E-state index >= 15 is 0 Å². The zero-order valence-electron chi connectivity index (χ0n) is 21.6. The summed E-state index contributed by atoms with van der Waals surface area (Å²) < 4.78 is 0. The number of anilines is 1. The van der Waals surface area contributed by atoms with Gasteiger partial charge in [-0.15, -0.1) is 6.58 Å². The van der Waals surface area contributed by atoms with Crippen LogP contribution >= 0.6 is 0 Å². The first-order valence-corrected chi connectivity index (χ1v) is 13.2. The maximum Gasteiger partial charge on any atom is 0.0471 e. The predicted octanol–water partition coefficient (Wildman–Crippen LogP) is 8.39. The van der Waals surface area contributed by atoms with Crippen molar-refractivity contribution in [2.75, 3.05) is 11.9 Å². The van der Waals surface area contributed by atoms with E-state index in [4.69, 9.17) is 0 Å². The van der Waals surface area contributed by atoms with Crippen molar-refractivity contribution in [1.29, 1.82) is 0 Å². The number of benzene rings is 2. The summed E-state index contributed by atoms with van der Waals surface area (Å²) in [5.74, 6) is 1.35. The molecule has 3 aliphatic carbocycles. The number of hydrogen-bond acceptors (Lipinski definition) is 1. The lowest BCUT2D eigenvalue weighted by atomic mass is 9.43. The van der Waals surface area contributed by atoms with Crippen LogP contribution in [-0.2, 0) is 17.3 Å². The SMILES string of the molecule is C=C[C@]12C(=CC1(C)c1ccc(C3CC3)c(C)c1C(C)CC)CCc1cc(C)c(NCC)cc12. The Bertz CT molecular complexity index is 1150. The average molecular weight is 440 g/mol. The van der Waals surface area contributed by atoms with E-state index in [0.717, 1.165) is 25.3 Å². The molecule has 1 nitrogen and oxygen atoms in total. The topological polar surface area (TPSA) is 12.0 Å². The zero-order chi connectivity index (χ0) is 23.5. The highest BCUT2D eigenvalue weighted by Gasteiger charge is 2.59. The molecule has 1 fully saturated rings. The molecule has 0 spiro atoms. The summed E-state index contributed by atoms with van der Waals surface area (Å²) in [5, 5.41) is 3.61. The van der Waals surface area contributed by atoms with Gasteiger partial charge in [-0.3, -0.25) is 0 Å². The number of nitrogens with one attached hydrogen (secondary N) is 1. The minimum absolute atomic E-state index is 0.0659. The van der Waals surface area contributed by atoms with Crippen molar-refractivity contribution in [3.63, 3.8) is 0 Å². The van der Waals surface area contributed by atoms with Crippen molar-refractivity contribution in [2.45, 2.75) is 96.3 Å². The minimum Gasteiger partial charge on any atom is -0.385 e. The second-order valence-corrected chi connectivity index (χ2v) is 11.1. The maximum absolute atomic E-state index is 4.49. The molecule has 2 aromatic rings. The number of allylic oxidation sites excluding steroid dienone is 3. The molecule has 3 aliphatic rings. The summed E-state index contributed by atoms with van der Waals surface area (Å²) in [6.45, 7) is 19.5. The summed E-state index contributed by atoms with van der Waals surface area (Å²) >= 11 is 0. The van der Waals surface area contributed by atoms with Gasteiger partial charge >= 0.3 is 0 Å². The van der Waals surface area contributed by atoms with Gasteiger partial charge in [-0.25, -0.2) is 0 Å². The third-order valence-electron chi connectivity index (χ3n) is 9.24. The first kappa shape index (κ1) is 22.5. The van der Waals surface area contributed by atoms with E-state index in [9.17, 15) is 0 Å². The summed E-state index contributed by atoms with van der Waals surface area (Å²) in [4.78, 5) is 0. The van der Waals surface area contributed by atoms with Crippen LogP contribution in [0, 0.1) is 13.8 Å². The summed E-state index contributed by atoms with van der Waals surface area (Å²) in [7, 11) is 0. The molecule has 3 atom stereocenters. The minimum atomic E-state index is -0.117. The van der Waals surface area contributed by atoms with Gasteiger partial charge in [0.2, 0.25) is 0 Å². The lowest BCUT2D eigenvalue weighted by Gasteiger charge is -2.59. The number of aryl methyl sites for hydroxylation is 2. The van der Waals surface area contributed by atoms with Crippen LogP contribution in [0.2, 0.25) is 0 Å². The molecule has 1 N–H and O–H groups in total. The van der Waals surface area contributed by atoms with Crippen molar-refractivity contribution in [1.82, 2.24) is 0 Å². The fourth-order valence-corrected chi connectivity index (χ4v) is 7.16. The third kappa shape index (κ3) is 3.04. The van der Waals surface area contributed by atoms with Gasteiger partial charge in [-0.1, -0.05) is 56.7 Å². The molecule has 0 aromatic heterocycles. The highest BCUT2D eigenvalue weighted by Crippen LogP contribution is 2.64. The highest BCUT2D eigenvalue weighted by atomic mass is 14.9. The lowest BCUT2D eigenvalue weighted by Crippen LogP contribution is -2.56. The Morgan fingerprint density at radius 1 is 1.12 bits per heavy atom. The van der Waals surface area contributed by atoms with Gasteiger partial charge in [-0.05, 0) is 110 Å². The van der Waals surface area contributed by atoms with Gasteiger partial charge in [0, 0.05) is 23.1 Å². The van der Waals surface area contributed by atoms with E-state index in [1.54, 1.807) is 22.3 Å². The Labute approximate surface area is 201 Å². The number of hydrogen-bond donors (Lipinski definition) is 1. The second-order valence-electron chi connectivity index (χ2n) is 11.1. The highest BCUT2D eigenvalue weighted by molar-refractivity contribution is 5.70. The van der Waals surface area contributed by atoms with Gasteiger partial charge in [0.25, 0.3) is 0 Å². The molecule has 1 heteroatoms. The predicted molar refractivity (Wildman–Crippen MR) is 143 cm³/mol. The largest absolute Gasteiger partial charge is 0.385 e. The Balaban J connectivity index is 1.74. The van der Waals surface area contributed by atoms with E-state index in [-0.39, 0.29) is 10.8 Å². The summed E-state index contributed by atoms with van der Waals surface area (Å²) in [6, 6.07) is 9.85. The van der Waals surface area contributed by atoms with Crippen LogP contribution in [0.4, 0.5) is 5.69 Å². The molecule has 5 rings (SSSR count). The van der Waals surface area contributed by atoms with Crippen molar-refractivity contribution in [2.24, 2.45) is 0 Å². The maximum atomic E-state index is 4.49. The van der Waals surface area contributed by atoms with Crippen LogP contribution in [0.3, 0.4) is 0 Å². The summed E-state index contributed by atoms with van der Waals surface area (Å²) in [5.41, 5.74) is 13.3. The zero-order valence-corrected chi connectivity index (χ0v) is 21.6. The summed E-state index contributed by atoms with van der Waals surface area (Å²) in [6.07, 6.45) is 11.1. The van der Waals surface area contributed by atoms with Gasteiger partial charge < -0.3 is 5.32 Å². The van der Waals surface area contributed by atoms with Crippen molar-refractivity contribution >= 4 is 5.69 Å². The molecular formula is C32H41N.